The van der Waals surface area contributed by atoms with Crippen LogP contribution in [-0.2, 0) is 4.79 Å². The summed E-state index contributed by atoms with van der Waals surface area (Å²) >= 11 is 0. The van der Waals surface area contributed by atoms with Crippen LogP contribution in [-0.4, -0.2) is 6.29 Å². The summed E-state index contributed by atoms with van der Waals surface area (Å²) in [5.41, 5.74) is 1.79. The monoisotopic (exact) mass is 166 g/mol. The molecule has 0 saturated carbocycles. The molecule has 0 amide bonds. The van der Waals surface area contributed by atoms with Crippen molar-refractivity contribution < 1.29 is 4.79 Å². The molecule has 0 unspecified atom stereocenters. The summed E-state index contributed by atoms with van der Waals surface area (Å²) < 4.78 is 0. The zero-order valence-electron chi connectivity index (χ0n) is 8.26. The number of aldehydes is 1. The highest BCUT2D eigenvalue weighted by atomic mass is 16.1. The van der Waals surface area contributed by atoms with Gasteiger partial charge in [0.1, 0.15) is 6.29 Å². The zero-order valence-corrected chi connectivity index (χ0v) is 8.26. The highest BCUT2D eigenvalue weighted by Crippen LogP contribution is 2.41. The first-order valence-electron chi connectivity index (χ1n) is 4.65. The van der Waals surface area contributed by atoms with Crippen LogP contribution in [0.3, 0.4) is 0 Å². The fourth-order valence-electron chi connectivity index (χ4n) is 2.13. The van der Waals surface area contributed by atoms with Crippen molar-refractivity contribution in [3.63, 3.8) is 0 Å². The van der Waals surface area contributed by atoms with Crippen molar-refractivity contribution in [3.8, 4) is 0 Å². The first-order chi connectivity index (χ1) is 5.56. The molecule has 0 aromatic carbocycles. The molecule has 1 heteroatoms. The molecular weight excluding hydrogens is 148 g/mol. The van der Waals surface area contributed by atoms with Crippen LogP contribution in [0.5, 0.6) is 0 Å². The van der Waals surface area contributed by atoms with Crippen molar-refractivity contribution >= 4 is 6.29 Å². The number of allylic oxidation sites excluding steroid dienone is 2. The molecule has 0 bridgehead atoms. The Hall–Kier alpha value is -0.590. The second-order valence-corrected chi connectivity index (χ2v) is 4.55. The highest BCUT2D eigenvalue weighted by molar-refractivity contribution is 5.50. The smallest absolute Gasteiger partial charge is 0.120 e. The molecule has 1 nitrogen and oxygen atoms in total. The van der Waals surface area contributed by atoms with Gasteiger partial charge >= 0.3 is 0 Å². The lowest BCUT2D eigenvalue weighted by Gasteiger charge is -2.36. The molecule has 0 N–H and O–H groups in total. The van der Waals surface area contributed by atoms with Crippen LogP contribution < -0.4 is 0 Å². The zero-order chi connectivity index (χ0) is 9.19. The van der Waals surface area contributed by atoms with E-state index in [0.717, 1.165) is 25.5 Å². The Morgan fingerprint density at radius 1 is 1.67 bits per heavy atom. The minimum absolute atomic E-state index is 0.319. The molecule has 0 aromatic heterocycles. The average Bonchev–Trinajstić information content (AvgIpc) is 1.94. The van der Waals surface area contributed by atoms with Gasteiger partial charge in [-0.1, -0.05) is 25.5 Å². The van der Waals surface area contributed by atoms with Crippen molar-refractivity contribution in [2.75, 3.05) is 0 Å². The van der Waals surface area contributed by atoms with Crippen molar-refractivity contribution in [2.45, 2.75) is 40.0 Å². The minimum Gasteiger partial charge on any atom is -0.303 e. The number of hydrogen-bond acceptors (Lipinski definition) is 1. The molecule has 0 aliphatic heterocycles. The van der Waals surface area contributed by atoms with Gasteiger partial charge in [0.25, 0.3) is 0 Å². The van der Waals surface area contributed by atoms with Gasteiger partial charge in [0, 0.05) is 6.42 Å². The van der Waals surface area contributed by atoms with E-state index < -0.39 is 0 Å². The van der Waals surface area contributed by atoms with Gasteiger partial charge in [0.15, 0.2) is 0 Å². The summed E-state index contributed by atoms with van der Waals surface area (Å²) in [5.74, 6) is 0.554. The molecule has 1 aliphatic carbocycles. The third-order valence-electron chi connectivity index (χ3n) is 2.97. The van der Waals surface area contributed by atoms with Gasteiger partial charge in [-0.15, -0.1) is 0 Å². The first-order valence-corrected chi connectivity index (χ1v) is 4.65. The fraction of sp³-hybridized carbons (Fsp3) is 0.727. The Kier molecular flexibility index (Phi) is 2.71. The van der Waals surface area contributed by atoms with Crippen molar-refractivity contribution in [1.82, 2.24) is 0 Å². The number of rotatable bonds is 2. The molecule has 1 atom stereocenters. The molecule has 0 spiro atoms. The molecule has 1 aliphatic rings. The van der Waals surface area contributed by atoms with Crippen LogP contribution in [0.25, 0.3) is 0 Å². The second kappa shape index (κ2) is 3.42. The lowest BCUT2D eigenvalue weighted by molar-refractivity contribution is -0.109. The van der Waals surface area contributed by atoms with Crippen LogP contribution in [0, 0.1) is 11.3 Å². The Bertz CT molecular complexity index is 201. The highest BCUT2D eigenvalue weighted by Gasteiger charge is 2.31. The van der Waals surface area contributed by atoms with Crippen LogP contribution in [0.15, 0.2) is 11.6 Å². The van der Waals surface area contributed by atoms with Crippen molar-refractivity contribution in [1.29, 1.82) is 0 Å². The summed E-state index contributed by atoms with van der Waals surface area (Å²) in [6.45, 7) is 6.70. The molecule has 0 fully saturated rings. The SMILES string of the molecule is CC1=CC[C@@H](CC=O)C(C)(C)C1. The summed E-state index contributed by atoms with van der Waals surface area (Å²) in [7, 11) is 0. The molecule has 0 radical (unpaired) electrons. The molecule has 68 valence electrons. The largest absolute Gasteiger partial charge is 0.303 e. The van der Waals surface area contributed by atoms with Gasteiger partial charge in [-0.3, -0.25) is 0 Å². The average molecular weight is 166 g/mol. The molecule has 0 saturated heterocycles. The predicted molar refractivity (Wildman–Crippen MR) is 50.9 cm³/mol. The summed E-state index contributed by atoms with van der Waals surface area (Å²) in [6.07, 6.45) is 6.28. The van der Waals surface area contributed by atoms with Gasteiger partial charge in [0.2, 0.25) is 0 Å². The van der Waals surface area contributed by atoms with E-state index in [4.69, 9.17) is 0 Å². The van der Waals surface area contributed by atoms with E-state index in [2.05, 4.69) is 26.8 Å². The van der Waals surface area contributed by atoms with Gasteiger partial charge in [0.05, 0.1) is 0 Å². The Balaban J connectivity index is 2.70. The quantitative estimate of drug-likeness (QED) is 0.455. The van der Waals surface area contributed by atoms with E-state index in [0.29, 0.717) is 11.3 Å². The van der Waals surface area contributed by atoms with E-state index >= 15 is 0 Å². The van der Waals surface area contributed by atoms with Crippen LogP contribution >= 0.6 is 0 Å². The number of hydrogen-bond donors (Lipinski definition) is 0. The van der Waals surface area contributed by atoms with Crippen molar-refractivity contribution in [2.24, 2.45) is 11.3 Å². The molecular formula is C11H18O. The van der Waals surface area contributed by atoms with Gasteiger partial charge in [-0.05, 0) is 31.1 Å². The van der Waals surface area contributed by atoms with E-state index in [1.165, 1.54) is 5.57 Å². The lowest BCUT2D eigenvalue weighted by Crippen LogP contribution is -2.27. The third-order valence-corrected chi connectivity index (χ3v) is 2.97. The Labute approximate surface area is 74.9 Å². The van der Waals surface area contributed by atoms with E-state index in [1.54, 1.807) is 0 Å². The van der Waals surface area contributed by atoms with Gasteiger partial charge < -0.3 is 4.79 Å². The summed E-state index contributed by atoms with van der Waals surface area (Å²) in [5, 5.41) is 0. The Morgan fingerprint density at radius 2 is 2.33 bits per heavy atom. The lowest BCUT2D eigenvalue weighted by atomic mass is 9.68. The van der Waals surface area contributed by atoms with Gasteiger partial charge in [-0.2, -0.15) is 0 Å². The maximum Gasteiger partial charge on any atom is 0.120 e. The maximum absolute atomic E-state index is 10.4. The van der Waals surface area contributed by atoms with Crippen LogP contribution in [0.4, 0.5) is 0 Å². The topological polar surface area (TPSA) is 17.1 Å². The van der Waals surface area contributed by atoms with E-state index in [1.807, 2.05) is 0 Å². The first kappa shape index (κ1) is 9.50. The summed E-state index contributed by atoms with van der Waals surface area (Å²) in [4.78, 5) is 10.4. The minimum atomic E-state index is 0.319. The Morgan fingerprint density at radius 3 is 2.83 bits per heavy atom. The maximum atomic E-state index is 10.4. The molecule has 0 aromatic rings. The third kappa shape index (κ3) is 1.96. The van der Waals surface area contributed by atoms with E-state index in [9.17, 15) is 4.79 Å². The predicted octanol–water partition coefficient (Wildman–Crippen LogP) is 2.96. The van der Waals surface area contributed by atoms with Crippen molar-refractivity contribution in [3.05, 3.63) is 11.6 Å². The molecule has 1 rings (SSSR count). The van der Waals surface area contributed by atoms with Crippen LogP contribution in [0.1, 0.15) is 40.0 Å². The second-order valence-electron chi connectivity index (χ2n) is 4.55. The van der Waals surface area contributed by atoms with E-state index in [-0.39, 0.29) is 0 Å². The number of carbonyl (C=O) groups is 1. The van der Waals surface area contributed by atoms with Crippen LogP contribution in [0.2, 0.25) is 0 Å². The molecule has 0 heterocycles. The number of carbonyl (C=O) groups excluding carboxylic acids is 1. The standard InChI is InChI=1S/C11H18O/c1-9-4-5-10(6-7-12)11(2,3)8-9/h4,7,10H,5-6,8H2,1-3H3/t10-/m0/s1. The fourth-order valence-corrected chi connectivity index (χ4v) is 2.13. The summed E-state index contributed by atoms with van der Waals surface area (Å²) in [6, 6.07) is 0. The normalized spacial score (nSPS) is 27.9. The van der Waals surface area contributed by atoms with Gasteiger partial charge in [-0.25, -0.2) is 0 Å². The molecule has 12 heavy (non-hydrogen) atoms.